The summed E-state index contributed by atoms with van der Waals surface area (Å²) in [6.07, 6.45) is -1.32. The van der Waals surface area contributed by atoms with Gasteiger partial charge in [-0.25, -0.2) is 16.8 Å². The summed E-state index contributed by atoms with van der Waals surface area (Å²) >= 11 is 0. The standard InChI is InChI=1S/C4H11NO8S2.2Na/c1-12-4(13-2)3-5(14(6,7)8)15(9,10)11;;/h4H,3H2,1-2H3,(H,6,7,8)(H,9,10,11);;/q;2*+1/p-2. The van der Waals surface area contributed by atoms with E-state index in [9.17, 15) is 25.9 Å². The molecule has 0 unspecified atom stereocenters. The first-order valence-electron chi connectivity index (χ1n) is 3.38. The second kappa shape index (κ2) is 9.58. The Morgan fingerprint density at radius 2 is 1.29 bits per heavy atom. The van der Waals surface area contributed by atoms with E-state index in [0.717, 1.165) is 14.2 Å². The van der Waals surface area contributed by atoms with E-state index in [1.807, 2.05) is 0 Å². The summed E-state index contributed by atoms with van der Waals surface area (Å²) in [6, 6.07) is 0. The van der Waals surface area contributed by atoms with Crippen LogP contribution < -0.4 is 59.1 Å². The molecular weight excluding hydrogens is 300 g/mol. The molecule has 0 N–H and O–H groups in total. The minimum absolute atomic E-state index is 0. The molecule has 0 saturated heterocycles. The molecule has 92 valence electrons. The maximum Gasteiger partial charge on any atom is 1.00 e. The zero-order valence-corrected chi connectivity index (χ0v) is 15.4. The van der Waals surface area contributed by atoms with Crippen LogP contribution in [0, 0.1) is 0 Å². The van der Waals surface area contributed by atoms with Crippen molar-refractivity contribution in [3.8, 4) is 0 Å². The molecule has 0 fully saturated rings. The summed E-state index contributed by atoms with van der Waals surface area (Å²) in [5, 5.41) is 0. The molecule has 0 aliphatic rings. The molecule has 0 amide bonds. The van der Waals surface area contributed by atoms with Gasteiger partial charge < -0.3 is 18.6 Å². The minimum Gasteiger partial charge on any atom is -0.735 e. The van der Waals surface area contributed by atoms with Crippen LogP contribution in [0.15, 0.2) is 0 Å². The molecule has 0 radical (unpaired) electrons. The van der Waals surface area contributed by atoms with E-state index >= 15 is 0 Å². The maximum atomic E-state index is 10.4. The molecule has 17 heavy (non-hydrogen) atoms. The largest absolute Gasteiger partial charge is 1.00 e. The van der Waals surface area contributed by atoms with Crippen molar-refractivity contribution in [3.05, 3.63) is 0 Å². The van der Waals surface area contributed by atoms with Gasteiger partial charge in [-0.3, -0.25) is 0 Å². The normalized spacial score (nSPS) is 12.1. The first-order chi connectivity index (χ1) is 6.62. The molecule has 0 aliphatic heterocycles. The van der Waals surface area contributed by atoms with E-state index in [4.69, 9.17) is 0 Å². The molecule has 0 rings (SSSR count). The molecule has 0 aromatic carbocycles. The van der Waals surface area contributed by atoms with Crippen LogP contribution in [0.2, 0.25) is 0 Å². The van der Waals surface area contributed by atoms with Gasteiger partial charge in [-0.15, -0.1) is 3.71 Å². The zero-order valence-electron chi connectivity index (χ0n) is 9.81. The Kier molecular flexibility index (Phi) is 13.4. The topological polar surface area (TPSA) is 136 Å². The molecule has 0 aromatic rings. The molecule has 0 heterocycles. The van der Waals surface area contributed by atoms with Crippen LogP contribution in [0.25, 0.3) is 0 Å². The van der Waals surface area contributed by atoms with E-state index in [1.165, 1.54) is 0 Å². The smallest absolute Gasteiger partial charge is 0.735 e. The van der Waals surface area contributed by atoms with Crippen LogP contribution in [-0.4, -0.2) is 56.7 Å². The average molecular weight is 309 g/mol. The molecule has 0 aliphatic carbocycles. The molecular formula is C4H9NNa2O8S2. The van der Waals surface area contributed by atoms with Crippen LogP contribution in [0.3, 0.4) is 0 Å². The van der Waals surface area contributed by atoms with Crippen LogP contribution >= 0.6 is 0 Å². The van der Waals surface area contributed by atoms with Crippen molar-refractivity contribution < 1.29 is 94.5 Å². The first-order valence-corrected chi connectivity index (χ1v) is 6.11. The molecule has 0 saturated carbocycles. The summed E-state index contributed by atoms with van der Waals surface area (Å²) in [6.45, 7) is -1.02. The minimum atomic E-state index is -5.41. The molecule has 0 bridgehead atoms. The van der Waals surface area contributed by atoms with Gasteiger partial charge in [0.15, 0.2) is 26.9 Å². The fourth-order valence-electron chi connectivity index (χ4n) is 0.661. The Morgan fingerprint density at radius 3 is 1.47 bits per heavy atom. The monoisotopic (exact) mass is 309 g/mol. The van der Waals surface area contributed by atoms with Gasteiger partial charge in [-0.2, -0.15) is 0 Å². The van der Waals surface area contributed by atoms with Crippen LogP contribution in [0.4, 0.5) is 0 Å². The van der Waals surface area contributed by atoms with E-state index in [-0.39, 0.29) is 59.1 Å². The fourth-order valence-corrected chi connectivity index (χ4v) is 2.16. The summed E-state index contributed by atoms with van der Waals surface area (Å²) in [7, 11) is -8.66. The van der Waals surface area contributed by atoms with Gasteiger partial charge in [0.1, 0.15) is 0 Å². The fraction of sp³-hybridized carbons (Fsp3) is 1.00. The van der Waals surface area contributed by atoms with Crippen molar-refractivity contribution in [2.75, 3.05) is 20.8 Å². The summed E-state index contributed by atoms with van der Waals surface area (Å²) in [4.78, 5) is 0. The van der Waals surface area contributed by atoms with Gasteiger partial charge in [0, 0.05) is 14.2 Å². The van der Waals surface area contributed by atoms with Crippen LogP contribution in [-0.2, 0) is 30.1 Å². The quantitative estimate of drug-likeness (QED) is 0.268. The van der Waals surface area contributed by atoms with Gasteiger partial charge in [-0.05, 0) is 0 Å². The van der Waals surface area contributed by atoms with Gasteiger partial charge in [0.05, 0.1) is 6.54 Å². The van der Waals surface area contributed by atoms with Crippen molar-refractivity contribution in [1.29, 1.82) is 0 Å². The van der Waals surface area contributed by atoms with Crippen molar-refractivity contribution in [3.63, 3.8) is 0 Å². The third kappa shape index (κ3) is 9.27. The number of rotatable bonds is 6. The summed E-state index contributed by atoms with van der Waals surface area (Å²) in [5.74, 6) is 0. The Balaban J connectivity index is -0.000000980. The van der Waals surface area contributed by atoms with Crippen LogP contribution in [0.1, 0.15) is 0 Å². The van der Waals surface area contributed by atoms with E-state index in [2.05, 4.69) is 9.47 Å². The third-order valence-corrected chi connectivity index (χ3v) is 3.71. The van der Waals surface area contributed by atoms with E-state index < -0.39 is 37.2 Å². The maximum absolute atomic E-state index is 10.4. The Hall–Kier alpha value is 1.70. The van der Waals surface area contributed by atoms with Crippen LogP contribution in [0.5, 0.6) is 0 Å². The van der Waals surface area contributed by atoms with Crippen molar-refractivity contribution in [2.45, 2.75) is 6.29 Å². The predicted octanol–water partition coefficient (Wildman–Crippen LogP) is -8.16. The summed E-state index contributed by atoms with van der Waals surface area (Å²) < 4.78 is 70.7. The average Bonchev–Trinajstić information content (AvgIpc) is 2.01. The predicted molar refractivity (Wildman–Crippen MR) is 43.9 cm³/mol. The molecule has 9 nitrogen and oxygen atoms in total. The summed E-state index contributed by atoms with van der Waals surface area (Å²) in [5.41, 5.74) is 0. The van der Waals surface area contributed by atoms with Gasteiger partial charge in [0.25, 0.3) is 0 Å². The van der Waals surface area contributed by atoms with E-state index in [1.54, 1.807) is 0 Å². The van der Waals surface area contributed by atoms with Crippen molar-refractivity contribution >= 4 is 20.6 Å². The van der Waals surface area contributed by atoms with Crippen molar-refractivity contribution in [2.24, 2.45) is 0 Å². The molecule has 13 heteroatoms. The molecule has 0 atom stereocenters. The van der Waals surface area contributed by atoms with Gasteiger partial charge in [0.2, 0.25) is 0 Å². The SMILES string of the molecule is COC(CN(S(=O)(=O)[O-])S(=O)(=O)[O-])OC.[Na+].[Na+]. The number of methoxy groups -OCH3 is 2. The first kappa shape index (κ1) is 23.8. The number of ether oxygens (including phenoxy) is 2. The Morgan fingerprint density at radius 1 is 1.00 bits per heavy atom. The van der Waals surface area contributed by atoms with Gasteiger partial charge >= 0.3 is 59.1 Å². The second-order valence-electron chi connectivity index (χ2n) is 2.27. The third-order valence-electron chi connectivity index (χ3n) is 1.32. The molecule has 0 aromatic heterocycles. The van der Waals surface area contributed by atoms with E-state index in [0.29, 0.717) is 0 Å². The number of hydrogen-bond donors (Lipinski definition) is 0. The molecule has 0 spiro atoms. The number of nitrogens with zero attached hydrogens (tertiary/aromatic N) is 1. The Bertz CT molecular complexity index is 358. The zero-order chi connectivity index (χ0) is 12.3. The van der Waals surface area contributed by atoms with Gasteiger partial charge in [-0.1, -0.05) is 0 Å². The second-order valence-corrected chi connectivity index (χ2v) is 5.10. The Labute approximate surface area is 144 Å². The number of hydrogen-bond acceptors (Lipinski definition) is 8. The van der Waals surface area contributed by atoms with Crippen molar-refractivity contribution in [1.82, 2.24) is 3.71 Å².